The van der Waals surface area contributed by atoms with Crippen molar-refractivity contribution < 1.29 is 18.3 Å². The summed E-state index contributed by atoms with van der Waals surface area (Å²) in [5.74, 6) is -2.57. The van der Waals surface area contributed by atoms with Gasteiger partial charge < -0.3 is 9.47 Å². The fraction of sp³-hybridized carbons (Fsp3) is 0.400. The zero-order valence-corrected chi connectivity index (χ0v) is 7.72. The van der Waals surface area contributed by atoms with Crippen LogP contribution in [-0.2, 0) is 15.3 Å². The van der Waals surface area contributed by atoms with Crippen LogP contribution in [-0.4, -0.2) is 13.2 Å². The van der Waals surface area contributed by atoms with E-state index >= 15 is 0 Å². The van der Waals surface area contributed by atoms with Gasteiger partial charge in [-0.1, -0.05) is 6.07 Å². The second-order valence-corrected chi connectivity index (χ2v) is 3.24. The molecule has 14 heavy (non-hydrogen) atoms. The molecule has 0 atom stereocenters. The molecular formula is C10H10F2O2. The molecule has 0 bridgehead atoms. The Bertz CT molecular complexity index is 326. The lowest BCUT2D eigenvalue weighted by molar-refractivity contribution is -0.153. The standard InChI is InChI=1S/C10H10F2O2/c1-10(13-5-6-14-10)9-7(11)3-2-4-8(9)12/h2-4H,5-6H2,1H3. The highest BCUT2D eigenvalue weighted by Crippen LogP contribution is 2.34. The third-order valence-corrected chi connectivity index (χ3v) is 2.26. The fourth-order valence-corrected chi connectivity index (χ4v) is 1.59. The van der Waals surface area contributed by atoms with Crippen LogP contribution in [0, 0.1) is 11.6 Å². The van der Waals surface area contributed by atoms with Gasteiger partial charge in [0.2, 0.25) is 0 Å². The van der Waals surface area contributed by atoms with Crippen LogP contribution >= 0.6 is 0 Å². The molecule has 1 aromatic rings. The van der Waals surface area contributed by atoms with E-state index in [4.69, 9.17) is 9.47 Å². The monoisotopic (exact) mass is 200 g/mol. The van der Waals surface area contributed by atoms with Crippen LogP contribution in [0.15, 0.2) is 18.2 Å². The van der Waals surface area contributed by atoms with Crippen LogP contribution in [0.4, 0.5) is 8.78 Å². The van der Waals surface area contributed by atoms with Crippen molar-refractivity contribution in [2.75, 3.05) is 13.2 Å². The van der Waals surface area contributed by atoms with E-state index in [2.05, 4.69) is 0 Å². The Morgan fingerprint density at radius 1 is 1.14 bits per heavy atom. The van der Waals surface area contributed by atoms with E-state index in [0.717, 1.165) is 0 Å². The van der Waals surface area contributed by atoms with Crippen LogP contribution in [0.5, 0.6) is 0 Å². The molecule has 0 unspecified atom stereocenters. The van der Waals surface area contributed by atoms with Gasteiger partial charge in [-0.15, -0.1) is 0 Å². The van der Waals surface area contributed by atoms with Crippen molar-refractivity contribution in [1.82, 2.24) is 0 Å². The Morgan fingerprint density at radius 2 is 1.64 bits per heavy atom. The molecule has 76 valence electrons. The summed E-state index contributed by atoms with van der Waals surface area (Å²) in [6.45, 7) is 2.22. The summed E-state index contributed by atoms with van der Waals surface area (Å²) in [6.07, 6.45) is 0. The highest BCUT2D eigenvalue weighted by atomic mass is 19.1. The fourth-order valence-electron chi connectivity index (χ4n) is 1.59. The van der Waals surface area contributed by atoms with Crippen molar-refractivity contribution in [3.8, 4) is 0 Å². The molecule has 2 rings (SSSR count). The zero-order valence-electron chi connectivity index (χ0n) is 7.72. The number of rotatable bonds is 1. The van der Waals surface area contributed by atoms with Crippen LogP contribution in [0.1, 0.15) is 12.5 Å². The van der Waals surface area contributed by atoms with Crippen LogP contribution < -0.4 is 0 Å². The van der Waals surface area contributed by atoms with E-state index in [1.165, 1.54) is 25.1 Å². The summed E-state index contributed by atoms with van der Waals surface area (Å²) in [6, 6.07) is 3.69. The first kappa shape index (κ1) is 9.55. The number of hydrogen-bond acceptors (Lipinski definition) is 2. The predicted molar refractivity (Wildman–Crippen MR) is 45.6 cm³/mol. The average molecular weight is 200 g/mol. The SMILES string of the molecule is CC1(c2c(F)cccc2F)OCCO1. The highest BCUT2D eigenvalue weighted by Gasteiger charge is 2.38. The Balaban J connectivity index is 2.49. The minimum absolute atomic E-state index is 0.155. The van der Waals surface area contributed by atoms with E-state index in [-0.39, 0.29) is 5.56 Å². The molecular weight excluding hydrogens is 190 g/mol. The maximum absolute atomic E-state index is 13.3. The summed E-state index contributed by atoms with van der Waals surface area (Å²) in [5.41, 5.74) is -0.155. The quantitative estimate of drug-likeness (QED) is 0.691. The molecule has 1 aromatic carbocycles. The van der Waals surface area contributed by atoms with Gasteiger partial charge >= 0.3 is 0 Å². The maximum Gasteiger partial charge on any atom is 0.197 e. The van der Waals surface area contributed by atoms with Crippen LogP contribution in [0.3, 0.4) is 0 Å². The molecule has 1 aliphatic heterocycles. The minimum Gasteiger partial charge on any atom is -0.343 e. The van der Waals surface area contributed by atoms with Crippen molar-refractivity contribution in [2.24, 2.45) is 0 Å². The van der Waals surface area contributed by atoms with Gasteiger partial charge in [0.05, 0.1) is 18.8 Å². The lowest BCUT2D eigenvalue weighted by Gasteiger charge is -2.23. The summed E-state index contributed by atoms with van der Waals surface area (Å²) < 4.78 is 37.1. The minimum atomic E-state index is -1.28. The van der Waals surface area contributed by atoms with Crippen molar-refractivity contribution >= 4 is 0 Å². The predicted octanol–water partition coefficient (Wildman–Crippen LogP) is 2.18. The summed E-state index contributed by atoms with van der Waals surface area (Å²) in [5, 5.41) is 0. The van der Waals surface area contributed by atoms with Crippen molar-refractivity contribution in [2.45, 2.75) is 12.7 Å². The van der Waals surface area contributed by atoms with E-state index in [1.54, 1.807) is 0 Å². The second-order valence-electron chi connectivity index (χ2n) is 3.24. The first-order chi connectivity index (χ1) is 6.63. The van der Waals surface area contributed by atoms with Gasteiger partial charge in [0, 0.05) is 0 Å². The summed E-state index contributed by atoms with van der Waals surface area (Å²) in [7, 11) is 0. The Morgan fingerprint density at radius 3 is 2.14 bits per heavy atom. The number of hydrogen-bond donors (Lipinski definition) is 0. The Kier molecular flexibility index (Phi) is 2.25. The van der Waals surface area contributed by atoms with E-state index in [1.807, 2.05) is 0 Å². The Hall–Kier alpha value is -1.00. The molecule has 0 saturated carbocycles. The molecule has 2 nitrogen and oxygen atoms in total. The van der Waals surface area contributed by atoms with Gasteiger partial charge in [-0.25, -0.2) is 8.78 Å². The van der Waals surface area contributed by atoms with Gasteiger partial charge in [0.1, 0.15) is 11.6 Å². The van der Waals surface area contributed by atoms with Crippen molar-refractivity contribution in [1.29, 1.82) is 0 Å². The molecule has 4 heteroatoms. The highest BCUT2D eigenvalue weighted by molar-refractivity contribution is 5.24. The summed E-state index contributed by atoms with van der Waals surface area (Å²) >= 11 is 0. The van der Waals surface area contributed by atoms with Crippen LogP contribution in [0.25, 0.3) is 0 Å². The number of ether oxygens (including phenoxy) is 2. The topological polar surface area (TPSA) is 18.5 Å². The molecule has 0 aliphatic carbocycles. The molecule has 1 saturated heterocycles. The first-order valence-corrected chi connectivity index (χ1v) is 4.36. The molecule has 0 amide bonds. The molecule has 0 radical (unpaired) electrons. The van der Waals surface area contributed by atoms with Gasteiger partial charge in [-0.2, -0.15) is 0 Å². The average Bonchev–Trinajstić information content (AvgIpc) is 2.52. The molecule has 1 fully saturated rings. The van der Waals surface area contributed by atoms with Crippen molar-refractivity contribution in [3.63, 3.8) is 0 Å². The Labute approximate surface area is 80.4 Å². The number of benzene rings is 1. The van der Waals surface area contributed by atoms with E-state index in [0.29, 0.717) is 13.2 Å². The number of halogens is 2. The smallest absolute Gasteiger partial charge is 0.197 e. The van der Waals surface area contributed by atoms with Gasteiger partial charge in [0.25, 0.3) is 0 Å². The normalized spacial score (nSPS) is 19.9. The molecule has 0 aromatic heterocycles. The zero-order chi connectivity index (χ0) is 10.2. The lowest BCUT2D eigenvalue weighted by Crippen LogP contribution is -2.25. The van der Waals surface area contributed by atoms with E-state index < -0.39 is 17.4 Å². The molecule has 1 heterocycles. The maximum atomic E-state index is 13.3. The molecule has 0 N–H and O–H groups in total. The lowest BCUT2D eigenvalue weighted by atomic mass is 10.1. The van der Waals surface area contributed by atoms with Gasteiger partial charge in [-0.3, -0.25) is 0 Å². The van der Waals surface area contributed by atoms with Gasteiger partial charge in [-0.05, 0) is 19.1 Å². The largest absolute Gasteiger partial charge is 0.343 e. The van der Waals surface area contributed by atoms with Crippen LogP contribution in [0.2, 0.25) is 0 Å². The van der Waals surface area contributed by atoms with Crippen molar-refractivity contribution in [3.05, 3.63) is 35.4 Å². The van der Waals surface area contributed by atoms with E-state index in [9.17, 15) is 8.78 Å². The third kappa shape index (κ3) is 1.40. The molecule has 1 aliphatic rings. The first-order valence-electron chi connectivity index (χ1n) is 4.36. The molecule has 0 spiro atoms. The summed E-state index contributed by atoms with van der Waals surface area (Å²) in [4.78, 5) is 0. The van der Waals surface area contributed by atoms with Gasteiger partial charge in [0.15, 0.2) is 5.79 Å². The third-order valence-electron chi connectivity index (χ3n) is 2.26. The second kappa shape index (κ2) is 3.29.